The van der Waals surface area contributed by atoms with Gasteiger partial charge in [0, 0.05) is 11.4 Å². The van der Waals surface area contributed by atoms with E-state index < -0.39 is 24.2 Å². The Kier molecular flexibility index (Phi) is 5.76. The van der Waals surface area contributed by atoms with E-state index in [2.05, 4.69) is 5.10 Å². The van der Waals surface area contributed by atoms with E-state index in [0.717, 1.165) is 5.56 Å². The zero-order valence-electron chi connectivity index (χ0n) is 14.8. The maximum Gasteiger partial charge on any atom is 0.438 e. The van der Waals surface area contributed by atoms with Crippen LogP contribution in [0.25, 0.3) is 0 Å². The van der Waals surface area contributed by atoms with Gasteiger partial charge in [-0.1, -0.05) is 54.1 Å². The van der Waals surface area contributed by atoms with E-state index in [1.54, 1.807) is 0 Å². The highest BCUT2D eigenvalue weighted by Gasteiger charge is 2.63. The van der Waals surface area contributed by atoms with Crippen LogP contribution in [-0.2, 0) is 11.2 Å². The van der Waals surface area contributed by atoms with Crippen LogP contribution in [0.2, 0.25) is 5.02 Å². The second-order valence-electron chi connectivity index (χ2n) is 6.59. The Morgan fingerprint density at radius 3 is 2.39 bits per heavy atom. The Hall–Kier alpha value is -2.38. The third-order valence-electron chi connectivity index (χ3n) is 4.55. The summed E-state index contributed by atoms with van der Waals surface area (Å²) < 4.78 is 40.7. The van der Waals surface area contributed by atoms with Crippen LogP contribution in [0.4, 0.5) is 13.2 Å². The van der Waals surface area contributed by atoms with Crippen LogP contribution in [0.1, 0.15) is 30.4 Å². The SMILES string of the molecule is O=C(CCCc1ccccc1)N1N=C(c2ccc(Cl)cc2)C[C@]1(O)C(F)(F)F. The minimum Gasteiger partial charge on any atom is -0.362 e. The van der Waals surface area contributed by atoms with Crippen molar-refractivity contribution >= 4 is 23.2 Å². The third-order valence-corrected chi connectivity index (χ3v) is 4.80. The van der Waals surface area contributed by atoms with E-state index in [-0.39, 0.29) is 17.1 Å². The topological polar surface area (TPSA) is 52.9 Å². The van der Waals surface area contributed by atoms with Crippen LogP contribution in [-0.4, -0.2) is 33.6 Å². The number of amides is 1. The molecule has 2 aromatic rings. The first kappa shape index (κ1) is 20.4. The maximum absolute atomic E-state index is 13.6. The van der Waals surface area contributed by atoms with Gasteiger partial charge in [-0.15, -0.1) is 0 Å². The molecule has 1 amide bonds. The monoisotopic (exact) mass is 410 g/mol. The Balaban J connectivity index is 1.77. The number of hydrazone groups is 1. The molecule has 1 atom stereocenters. The first-order valence-corrected chi connectivity index (χ1v) is 9.08. The molecule has 0 spiro atoms. The van der Waals surface area contributed by atoms with Crippen molar-refractivity contribution in [1.29, 1.82) is 0 Å². The van der Waals surface area contributed by atoms with Gasteiger partial charge in [0.05, 0.1) is 12.1 Å². The lowest BCUT2D eigenvalue weighted by molar-refractivity contribution is -0.302. The molecule has 1 N–H and O–H groups in total. The number of halogens is 4. The minimum absolute atomic E-state index is 0.0205. The fourth-order valence-corrected chi connectivity index (χ4v) is 3.15. The van der Waals surface area contributed by atoms with Gasteiger partial charge in [-0.3, -0.25) is 4.79 Å². The molecular weight excluding hydrogens is 393 g/mol. The lowest BCUT2D eigenvalue weighted by atomic mass is 10.0. The van der Waals surface area contributed by atoms with E-state index in [9.17, 15) is 23.1 Å². The first-order valence-electron chi connectivity index (χ1n) is 8.70. The van der Waals surface area contributed by atoms with Crippen molar-refractivity contribution < 1.29 is 23.1 Å². The Morgan fingerprint density at radius 2 is 1.79 bits per heavy atom. The summed E-state index contributed by atoms with van der Waals surface area (Å²) in [5.74, 6) is -0.875. The van der Waals surface area contributed by atoms with E-state index in [1.165, 1.54) is 24.3 Å². The molecule has 1 aliphatic rings. The Bertz CT molecular complexity index is 869. The number of carbonyl (C=O) groups is 1. The maximum atomic E-state index is 13.6. The number of nitrogens with zero attached hydrogens (tertiary/aromatic N) is 2. The molecule has 0 aliphatic carbocycles. The fraction of sp³-hybridized carbons (Fsp3) is 0.300. The van der Waals surface area contributed by atoms with Gasteiger partial charge in [0.2, 0.25) is 5.91 Å². The molecule has 148 valence electrons. The van der Waals surface area contributed by atoms with Crippen LogP contribution in [0.5, 0.6) is 0 Å². The molecule has 0 saturated heterocycles. The molecule has 0 aromatic heterocycles. The van der Waals surface area contributed by atoms with Gasteiger partial charge in [0.15, 0.2) is 0 Å². The highest BCUT2D eigenvalue weighted by atomic mass is 35.5. The normalized spacial score (nSPS) is 19.6. The summed E-state index contributed by atoms with van der Waals surface area (Å²) in [6.45, 7) is 0. The number of hydrogen-bond acceptors (Lipinski definition) is 3. The summed E-state index contributed by atoms with van der Waals surface area (Å²) in [6, 6.07) is 15.3. The Morgan fingerprint density at radius 1 is 1.14 bits per heavy atom. The zero-order valence-corrected chi connectivity index (χ0v) is 15.5. The van der Waals surface area contributed by atoms with Gasteiger partial charge in [-0.25, -0.2) is 0 Å². The zero-order chi connectivity index (χ0) is 20.4. The fourth-order valence-electron chi connectivity index (χ4n) is 3.03. The number of aryl methyl sites for hydroxylation is 1. The number of aliphatic hydroxyl groups is 1. The average molecular weight is 411 g/mol. The summed E-state index contributed by atoms with van der Waals surface area (Å²) in [7, 11) is 0. The van der Waals surface area contributed by atoms with Crippen LogP contribution in [0, 0.1) is 0 Å². The van der Waals surface area contributed by atoms with Crippen LogP contribution >= 0.6 is 11.6 Å². The van der Waals surface area contributed by atoms with Crippen LogP contribution in [0.15, 0.2) is 59.7 Å². The van der Waals surface area contributed by atoms with Crippen molar-refractivity contribution in [3.8, 4) is 0 Å². The summed E-state index contributed by atoms with van der Waals surface area (Å²) in [6.07, 6.45) is -5.15. The molecule has 3 rings (SSSR count). The van der Waals surface area contributed by atoms with E-state index in [0.29, 0.717) is 23.4 Å². The van der Waals surface area contributed by atoms with Crippen molar-refractivity contribution in [2.45, 2.75) is 37.6 Å². The molecule has 28 heavy (non-hydrogen) atoms. The average Bonchev–Trinajstić information content (AvgIpc) is 3.02. The lowest BCUT2D eigenvalue weighted by Gasteiger charge is -2.32. The number of benzene rings is 2. The molecule has 4 nitrogen and oxygen atoms in total. The van der Waals surface area contributed by atoms with Gasteiger partial charge in [-0.2, -0.15) is 23.3 Å². The van der Waals surface area contributed by atoms with Gasteiger partial charge in [0.25, 0.3) is 5.72 Å². The van der Waals surface area contributed by atoms with E-state index in [1.807, 2.05) is 30.3 Å². The van der Waals surface area contributed by atoms with Crippen molar-refractivity contribution in [3.63, 3.8) is 0 Å². The largest absolute Gasteiger partial charge is 0.438 e. The summed E-state index contributed by atoms with van der Waals surface area (Å²) >= 11 is 5.80. The van der Waals surface area contributed by atoms with Crippen molar-refractivity contribution in [2.75, 3.05) is 0 Å². The number of alkyl halides is 3. The van der Waals surface area contributed by atoms with Gasteiger partial charge < -0.3 is 5.11 Å². The predicted octanol–water partition coefficient (Wildman–Crippen LogP) is 4.55. The smallest absolute Gasteiger partial charge is 0.362 e. The molecule has 8 heteroatoms. The van der Waals surface area contributed by atoms with Gasteiger partial charge in [0.1, 0.15) is 0 Å². The molecule has 0 unspecified atom stereocenters. The van der Waals surface area contributed by atoms with Gasteiger partial charge >= 0.3 is 6.18 Å². The van der Waals surface area contributed by atoms with Crippen LogP contribution < -0.4 is 0 Å². The standard InChI is InChI=1S/C20H18ClF3N2O2/c21-16-11-9-15(10-12-16)17-13-19(28,20(22,23)24)26(25-17)18(27)8-4-7-14-5-2-1-3-6-14/h1-3,5-6,9-12,28H,4,7-8,13H2/t19-/m0/s1. The highest BCUT2D eigenvalue weighted by Crippen LogP contribution is 2.41. The molecular formula is C20H18ClF3N2O2. The second-order valence-corrected chi connectivity index (χ2v) is 7.03. The van der Waals surface area contributed by atoms with Crippen molar-refractivity contribution in [3.05, 3.63) is 70.7 Å². The van der Waals surface area contributed by atoms with E-state index >= 15 is 0 Å². The van der Waals surface area contributed by atoms with Crippen molar-refractivity contribution in [1.82, 2.24) is 5.01 Å². The molecule has 2 aromatic carbocycles. The summed E-state index contributed by atoms with van der Waals surface area (Å²) in [4.78, 5) is 12.5. The first-order chi connectivity index (χ1) is 13.2. The summed E-state index contributed by atoms with van der Waals surface area (Å²) in [5, 5.41) is 14.7. The van der Waals surface area contributed by atoms with Crippen molar-refractivity contribution in [2.24, 2.45) is 5.10 Å². The number of carbonyl (C=O) groups excluding carboxylic acids is 1. The molecule has 0 fully saturated rings. The Labute approximate surface area is 165 Å². The minimum atomic E-state index is -5.04. The molecule has 0 bridgehead atoms. The third kappa shape index (κ3) is 4.20. The molecule has 0 radical (unpaired) electrons. The molecule has 1 heterocycles. The number of hydrogen-bond donors (Lipinski definition) is 1. The quantitative estimate of drug-likeness (QED) is 0.786. The van der Waals surface area contributed by atoms with E-state index in [4.69, 9.17) is 11.6 Å². The molecule has 1 aliphatic heterocycles. The molecule has 0 saturated carbocycles. The summed E-state index contributed by atoms with van der Waals surface area (Å²) in [5.41, 5.74) is -2.03. The predicted molar refractivity (Wildman–Crippen MR) is 99.8 cm³/mol. The van der Waals surface area contributed by atoms with Crippen LogP contribution in [0.3, 0.4) is 0 Å². The lowest BCUT2D eigenvalue weighted by Crippen LogP contribution is -2.56. The number of rotatable bonds is 5. The highest BCUT2D eigenvalue weighted by molar-refractivity contribution is 6.30. The second kappa shape index (κ2) is 7.93. The van der Waals surface area contributed by atoms with Gasteiger partial charge in [-0.05, 0) is 36.1 Å².